The van der Waals surface area contributed by atoms with Crippen molar-refractivity contribution in [2.45, 2.75) is 82.8 Å². The molecule has 0 heterocycles. The summed E-state index contributed by atoms with van der Waals surface area (Å²) in [6.07, 6.45) is 11.5. The first-order valence-electron chi connectivity index (χ1n) is 8.40. The molecule has 2 aliphatic carbocycles. The first-order valence-corrected chi connectivity index (χ1v) is 8.40. The van der Waals surface area contributed by atoms with Crippen LogP contribution in [0.4, 0.5) is 0 Å². The second-order valence-electron chi connectivity index (χ2n) is 6.76. The Kier molecular flexibility index (Phi) is 5.70. The summed E-state index contributed by atoms with van der Waals surface area (Å²) in [6.45, 7) is 2.69. The Hall–Kier alpha value is -0.770. The molecule has 0 bridgehead atoms. The third-order valence-electron chi connectivity index (χ3n) is 5.11. The third kappa shape index (κ3) is 4.65. The second kappa shape index (κ2) is 7.30. The van der Waals surface area contributed by atoms with Gasteiger partial charge in [0.1, 0.15) is 0 Å². The summed E-state index contributed by atoms with van der Waals surface area (Å²) in [7, 11) is 0. The third-order valence-corrected chi connectivity index (χ3v) is 5.11. The van der Waals surface area contributed by atoms with Crippen molar-refractivity contribution in [3.05, 3.63) is 0 Å². The number of nitrogens with two attached hydrogens (primary N) is 1. The summed E-state index contributed by atoms with van der Waals surface area (Å²) in [5.41, 5.74) is 5.34. The van der Waals surface area contributed by atoms with E-state index in [2.05, 4.69) is 17.2 Å². The smallest absolute Gasteiger partial charge is 0.188 e. The highest BCUT2D eigenvalue weighted by molar-refractivity contribution is 5.78. The van der Waals surface area contributed by atoms with Crippen molar-refractivity contribution in [2.75, 3.05) is 6.54 Å². The normalized spacial score (nSPS) is 33.1. The van der Waals surface area contributed by atoms with Crippen LogP contribution in [-0.4, -0.2) is 29.3 Å². The maximum atomic E-state index is 10.5. The molecular weight excluding hydrogens is 250 g/mol. The van der Waals surface area contributed by atoms with Gasteiger partial charge in [-0.15, -0.1) is 0 Å². The van der Waals surface area contributed by atoms with Crippen LogP contribution in [0.15, 0.2) is 4.99 Å². The summed E-state index contributed by atoms with van der Waals surface area (Å²) < 4.78 is 0. The Balaban J connectivity index is 1.76. The number of nitrogens with zero attached hydrogens (tertiary/aromatic N) is 1. The molecule has 0 aromatic carbocycles. The molecular formula is C16H31N3O. The lowest BCUT2D eigenvalue weighted by atomic mass is 9.78. The Bertz CT molecular complexity index is 316. The van der Waals surface area contributed by atoms with Crippen LogP contribution in [0, 0.1) is 5.92 Å². The molecule has 20 heavy (non-hydrogen) atoms. The van der Waals surface area contributed by atoms with E-state index in [9.17, 15) is 5.11 Å². The highest BCUT2D eigenvalue weighted by atomic mass is 16.3. The summed E-state index contributed by atoms with van der Waals surface area (Å²) in [5, 5.41) is 13.9. The molecule has 0 saturated heterocycles. The standard InChI is InChI=1S/C16H31N3O/c1-2-13-8-10-16(20,11-9-13)12-18-15(17)19-14-6-4-3-5-7-14/h13-14,20H,2-12H2,1H3,(H3,17,18,19). The van der Waals surface area contributed by atoms with Crippen LogP contribution in [0.1, 0.15) is 71.1 Å². The maximum Gasteiger partial charge on any atom is 0.188 e. The average Bonchev–Trinajstić information content (AvgIpc) is 2.47. The maximum absolute atomic E-state index is 10.5. The molecule has 0 unspecified atom stereocenters. The number of guanidine groups is 1. The number of nitrogens with one attached hydrogen (secondary N) is 1. The Morgan fingerprint density at radius 2 is 1.85 bits per heavy atom. The molecule has 0 atom stereocenters. The molecule has 0 amide bonds. The second-order valence-corrected chi connectivity index (χ2v) is 6.76. The van der Waals surface area contributed by atoms with Crippen LogP contribution in [0.5, 0.6) is 0 Å². The number of rotatable bonds is 4. The van der Waals surface area contributed by atoms with Gasteiger partial charge in [-0.2, -0.15) is 0 Å². The van der Waals surface area contributed by atoms with Gasteiger partial charge in [0, 0.05) is 6.04 Å². The van der Waals surface area contributed by atoms with Crippen LogP contribution in [0.2, 0.25) is 0 Å². The molecule has 2 rings (SSSR count). The van der Waals surface area contributed by atoms with Gasteiger partial charge in [0.05, 0.1) is 12.1 Å². The largest absolute Gasteiger partial charge is 0.388 e. The van der Waals surface area contributed by atoms with E-state index in [1.165, 1.54) is 38.5 Å². The van der Waals surface area contributed by atoms with Gasteiger partial charge >= 0.3 is 0 Å². The van der Waals surface area contributed by atoms with Crippen molar-refractivity contribution in [2.24, 2.45) is 16.6 Å². The quantitative estimate of drug-likeness (QED) is 0.548. The lowest BCUT2D eigenvalue weighted by Gasteiger charge is -2.34. The van der Waals surface area contributed by atoms with Crippen LogP contribution < -0.4 is 11.1 Å². The van der Waals surface area contributed by atoms with E-state index >= 15 is 0 Å². The number of hydrogen-bond donors (Lipinski definition) is 3. The number of aliphatic imine (C=N–C) groups is 1. The SMILES string of the molecule is CCC1CCC(O)(CN=C(N)NC2CCCCC2)CC1. The van der Waals surface area contributed by atoms with E-state index in [-0.39, 0.29) is 0 Å². The zero-order chi connectivity index (χ0) is 14.4. The van der Waals surface area contributed by atoms with Crippen LogP contribution in [0.3, 0.4) is 0 Å². The van der Waals surface area contributed by atoms with Gasteiger partial charge in [-0.05, 0) is 44.4 Å². The van der Waals surface area contributed by atoms with Gasteiger partial charge in [0.15, 0.2) is 5.96 Å². The fourth-order valence-electron chi connectivity index (χ4n) is 3.52. The predicted octanol–water partition coefficient (Wildman–Crippen LogP) is 2.55. The minimum Gasteiger partial charge on any atom is -0.388 e. The zero-order valence-corrected chi connectivity index (χ0v) is 12.9. The summed E-state index contributed by atoms with van der Waals surface area (Å²) in [4.78, 5) is 4.40. The van der Waals surface area contributed by atoms with Crippen molar-refractivity contribution >= 4 is 5.96 Å². The van der Waals surface area contributed by atoms with Crippen molar-refractivity contribution in [3.8, 4) is 0 Å². The van der Waals surface area contributed by atoms with Gasteiger partial charge in [-0.3, -0.25) is 4.99 Å². The topological polar surface area (TPSA) is 70.6 Å². The molecule has 4 heteroatoms. The van der Waals surface area contributed by atoms with Gasteiger partial charge < -0.3 is 16.2 Å². The van der Waals surface area contributed by atoms with Gasteiger partial charge in [0.2, 0.25) is 0 Å². The van der Waals surface area contributed by atoms with Crippen molar-refractivity contribution in [1.29, 1.82) is 0 Å². The Morgan fingerprint density at radius 1 is 1.20 bits per heavy atom. The highest BCUT2D eigenvalue weighted by Gasteiger charge is 2.32. The molecule has 0 aliphatic heterocycles. The minimum absolute atomic E-state index is 0.453. The average molecular weight is 281 g/mol. The first-order chi connectivity index (χ1) is 9.61. The molecule has 0 aromatic rings. The molecule has 116 valence electrons. The van der Waals surface area contributed by atoms with E-state index in [4.69, 9.17) is 5.73 Å². The van der Waals surface area contributed by atoms with Gasteiger partial charge in [-0.1, -0.05) is 32.6 Å². The fourth-order valence-corrected chi connectivity index (χ4v) is 3.52. The number of hydrogen-bond acceptors (Lipinski definition) is 2. The van der Waals surface area contributed by atoms with E-state index in [1.807, 2.05) is 0 Å². The molecule has 4 nitrogen and oxygen atoms in total. The molecule has 4 N–H and O–H groups in total. The summed E-state index contributed by atoms with van der Waals surface area (Å²) in [5.74, 6) is 1.31. The van der Waals surface area contributed by atoms with E-state index < -0.39 is 5.60 Å². The Labute approximate surface area is 123 Å². The molecule has 0 aromatic heterocycles. The summed E-state index contributed by atoms with van der Waals surface area (Å²) in [6, 6.07) is 0.484. The molecule has 2 fully saturated rings. The van der Waals surface area contributed by atoms with Crippen LogP contribution >= 0.6 is 0 Å². The van der Waals surface area contributed by atoms with Crippen LogP contribution in [0.25, 0.3) is 0 Å². The van der Waals surface area contributed by atoms with Gasteiger partial charge in [0.25, 0.3) is 0 Å². The molecule has 0 spiro atoms. The van der Waals surface area contributed by atoms with Crippen LogP contribution in [-0.2, 0) is 0 Å². The Morgan fingerprint density at radius 3 is 2.45 bits per heavy atom. The van der Waals surface area contributed by atoms with E-state index in [0.717, 1.165) is 31.6 Å². The molecule has 2 saturated carbocycles. The predicted molar refractivity (Wildman–Crippen MR) is 83.7 cm³/mol. The lowest BCUT2D eigenvalue weighted by Crippen LogP contribution is -2.43. The number of aliphatic hydroxyl groups is 1. The van der Waals surface area contributed by atoms with Crippen molar-refractivity contribution < 1.29 is 5.11 Å². The fraction of sp³-hybridized carbons (Fsp3) is 0.938. The van der Waals surface area contributed by atoms with Crippen molar-refractivity contribution in [3.63, 3.8) is 0 Å². The highest BCUT2D eigenvalue weighted by Crippen LogP contribution is 2.33. The first kappa shape index (κ1) is 15.6. The monoisotopic (exact) mass is 281 g/mol. The van der Waals surface area contributed by atoms with E-state index in [0.29, 0.717) is 18.5 Å². The van der Waals surface area contributed by atoms with E-state index in [1.54, 1.807) is 0 Å². The van der Waals surface area contributed by atoms with Gasteiger partial charge in [-0.25, -0.2) is 0 Å². The lowest BCUT2D eigenvalue weighted by molar-refractivity contribution is -0.00100. The minimum atomic E-state index is -0.621. The zero-order valence-electron chi connectivity index (χ0n) is 12.9. The van der Waals surface area contributed by atoms with Crippen molar-refractivity contribution in [1.82, 2.24) is 5.32 Å². The summed E-state index contributed by atoms with van der Waals surface area (Å²) >= 11 is 0. The molecule has 0 radical (unpaired) electrons. The molecule has 2 aliphatic rings.